The minimum Gasteiger partial charge on any atom is -0.277 e. The normalized spacial score (nSPS) is 10.5. The van der Waals surface area contributed by atoms with Gasteiger partial charge in [-0.05, 0) is 24.3 Å². The third-order valence-electron chi connectivity index (χ3n) is 1.54. The lowest BCUT2D eigenvalue weighted by Crippen LogP contribution is -1.95. The van der Waals surface area contributed by atoms with Gasteiger partial charge in [0.1, 0.15) is 0 Å². The molecular formula is C8H4O2S. The van der Waals surface area contributed by atoms with Crippen LogP contribution in [0.2, 0.25) is 0 Å². The van der Waals surface area contributed by atoms with Crippen LogP contribution in [0.3, 0.4) is 0 Å². The van der Waals surface area contributed by atoms with Crippen molar-refractivity contribution in [2.24, 2.45) is 0 Å². The largest absolute Gasteiger partial charge is 0.277 e. The first-order chi connectivity index (χ1) is 5.27. The summed E-state index contributed by atoms with van der Waals surface area (Å²) >= 11 is 0.764. The second-order valence-corrected chi connectivity index (χ2v) is 3.20. The molecule has 0 aliphatic carbocycles. The summed E-state index contributed by atoms with van der Waals surface area (Å²) in [5.41, 5.74) is 0. The molecule has 2 heterocycles. The highest BCUT2D eigenvalue weighted by Gasteiger charge is 1.96. The lowest BCUT2D eigenvalue weighted by atomic mass is 10.2. The van der Waals surface area contributed by atoms with Crippen LogP contribution >= 0.6 is 11.3 Å². The Kier molecular flexibility index (Phi) is 1.26. The monoisotopic (exact) mass is 164 g/mol. The van der Waals surface area contributed by atoms with Gasteiger partial charge >= 0.3 is 0 Å². The molecule has 1 aromatic carbocycles. The van der Waals surface area contributed by atoms with Crippen molar-refractivity contribution in [2.45, 2.75) is 0 Å². The molecule has 2 nitrogen and oxygen atoms in total. The Morgan fingerprint density at radius 2 is 1.18 bits per heavy atom. The zero-order chi connectivity index (χ0) is 7.84. The van der Waals surface area contributed by atoms with Gasteiger partial charge in [-0.3, -0.25) is 9.59 Å². The van der Waals surface area contributed by atoms with Crippen LogP contribution in [-0.4, -0.2) is 0 Å². The molecule has 0 fully saturated rings. The summed E-state index contributed by atoms with van der Waals surface area (Å²) in [6.45, 7) is 0. The molecule has 11 heavy (non-hydrogen) atoms. The SMILES string of the molecule is O=c1sc(=O)c2ccc1cc2. The van der Waals surface area contributed by atoms with Gasteiger partial charge in [0.05, 0.1) is 0 Å². The molecule has 0 saturated heterocycles. The smallest absolute Gasteiger partial charge is 0.243 e. The van der Waals surface area contributed by atoms with E-state index in [1.165, 1.54) is 0 Å². The highest BCUT2D eigenvalue weighted by atomic mass is 32.1. The van der Waals surface area contributed by atoms with Crippen LogP contribution < -0.4 is 9.48 Å². The van der Waals surface area contributed by atoms with E-state index in [4.69, 9.17) is 0 Å². The van der Waals surface area contributed by atoms with Crippen molar-refractivity contribution in [2.75, 3.05) is 0 Å². The molecule has 0 atom stereocenters. The first-order valence-electron chi connectivity index (χ1n) is 3.14. The molecule has 0 aliphatic rings. The average Bonchev–Trinajstić information content (AvgIpc) is 2.22. The van der Waals surface area contributed by atoms with Crippen molar-refractivity contribution in [3.63, 3.8) is 0 Å². The summed E-state index contributed by atoms with van der Waals surface area (Å²) < 4.78 is -0.315. The first-order valence-corrected chi connectivity index (χ1v) is 3.95. The third-order valence-corrected chi connectivity index (χ3v) is 2.38. The molecule has 0 saturated carbocycles. The molecular weight excluding hydrogens is 160 g/mol. The maximum absolute atomic E-state index is 11.1. The summed E-state index contributed by atoms with van der Waals surface area (Å²) in [7, 11) is 0. The molecule has 0 N–H and O–H groups in total. The van der Waals surface area contributed by atoms with E-state index >= 15 is 0 Å². The zero-order valence-corrected chi connectivity index (χ0v) is 6.35. The van der Waals surface area contributed by atoms with Gasteiger partial charge in [-0.1, -0.05) is 11.3 Å². The lowest BCUT2D eigenvalue weighted by Gasteiger charge is -1.79. The van der Waals surface area contributed by atoms with Crippen LogP contribution in [0.5, 0.6) is 0 Å². The Morgan fingerprint density at radius 3 is 1.55 bits per heavy atom. The molecule has 0 spiro atoms. The van der Waals surface area contributed by atoms with Crippen molar-refractivity contribution in [1.82, 2.24) is 0 Å². The van der Waals surface area contributed by atoms with E-state index in [9.17, 15) is 9.59 Å². The highest BCUT2D eigenvalue weighted by molar-refractivity contribution is 7.07. The molecule has 3 aromatic rings. The third kappa shape index (κ3) is 0.935. The lowest BCUT2D eigenvalue weighted by molar-refractivity contribution is 1.81. The van der Waals surface area contributed by atoms with E-state index in [0.717, 1.165) is 11.3 Å². The first kappa shape index (κ1) is 6.49. The summed E-state index contributed by atoms with van der Waals surface area (Å²) in [6, 6.07) is 6.70. The molecule has 0 amide bonds. The average molecular weight is 164 g/mol. The Hall–Kier alpha value is -1.22. The summed E-state index contributed by atoms with van der Waals surface area (Å²) in [6.07, 6.45) is 0. The molecule has 0 aliphatic heterocycles. The molecule has 2 bridgehead atoms. The second-order valence-electron chi connectivity index (χ2n) is 2.25. The van der Waals surface area contributed by atoms with Crippen LogP contribution in [0.4, 0.5) is 0 Å². The van der Waals surface area contributed by atoms with Crippen molar-refractivity contribution >= 4 is 22.1 Å². The molecule has 2 aromatic heterocycles. The van der Waals surface area contributed by atoms with Crippen LogP contribution in [0.15, 0.2) is 33.9 Å². The van der Waals surface area contributed by atoms with E-state index in [-0.39, 0.29) is 9.48 Å². The molecule has 0 radical (unpaired) electrons. The van der Waals surface area contributed by atoms with Crippen molar-refractivity contribution in [3.05, 3.63) is 43.3 Å². The number of benzene rings is 1. The predicted molar refractivity (Wildman–Crippen MR) is 45.6 cm³/mol. The second kappa shape index (κ2) is 2.13. The minimum atomic E-state index is -0.157. The van der Waals surface area contributed by atoms with Gasteiger partial charge in [-0.15, -0.1) is 0 Å². The van der Waals surface area contributed by atoms with Gasteiger partial charge < -0.3 is 0 Å². The van der Waals surface area contributed by atoms with Gasteiger partial charge in [0.2, 0.25) is 9.48 Å². The van der Waals surface area contributed by atoms with Crippen molar-refractivity contribution < 1.29 is 0 Å². The maximum atomic E-state index is 11.1. The number of hydrogen-bond acceptors (Lipinski definition) is 3. The topological polar surface area (TPSA) is 34.1 Å². The van der Waals surface area contributed by atoms with Crippen LogP contribution in [0.25, 0.3) is 10.8 Å². The zero-order valence-electron chi connectivity index (χ0n) is 5.53. The number of fused-ring (bicyclic) bond motifs is 4. The van der Waals surface area contributed by atoms with E-state index in [2.05, 4.69) is 0 Å². The van der Waals surface area contributed by atoms with Gasteiger partial charge in [0.15, 0.2) is 0 Å². The molecule has 0 unspecified atom stereocenters. The van der Waals surface area contributed by atoms with Gasteiger partial charge in [-0.25, -0.2) is 0 Å². The van der Waals surface area contributed by atoms with Gasteiger partial charge in [0, 0.05) is 10.8 Å². The number of rotatable bonds is 0. The fraction of sp³-hybridized carbons (Fsp3) is 0. The Bertz CT molecular complexity index is 422. The van der Waals surface area contributed by atoms with Crippen LogP contribution in [0, 0.1) is 0 Å². The standard InChI is InChI=1S/C8H4O2S/c9-7-5-1-2-6(4-3-5)8(10)11-7/h1-4H. The fourth-order valence-corrected chi connectivity index (χ4v) is 1.62. The summed E-state index contributed by atoms with van der Waals surface area (Å²) in [5.74, 6) is 0. The molecule has 3 rings (SSSR count). The Morgan fingerprint density at radius 1 is 0.818 bits per heavy atom. The van der Waals surface area contributed by atoms with E-state index in [0.29, 0.717) is 10.8 Å². The van der Waals surface area contributed by atoms with Crippen LogP contribution in [0.1, 0.15) is 0 Å². The molecule has 54 valence electrons. The van der Waals surface area contributed by atoms with Crippen molar-refractivity contribution in [1.29, 1.82) is 0 Å². The maximum Gasteiger partial charge on any atom is 0.243 e. The van der Waals surface area contributed by atoms with Crippen LogP contribution in [-0.2, 0) is 0 Å². The Labute approximate surface area is 66.1 Å². The summed E-state index contributed by atoms with van der Waals surface area (Å²) in [5, 5.41) is 1.20. The predicted octanol–water partition coefficient (Wildman–Crippen LogP) is 1.06. The highest BCUT2D eigenvalue weighted by Crippen LogP contribution is 2.01. The summed E-state index contributed by atoms with van der Waals surface area (Å²) in [4.78, 5) is 22.1. The molecule has 3 heteroatoms. The van der Waals surface area contributed by atoms with Gasteiger partial charge in [-0.2, -0.15) is 0 Å². The quantitative estimate of drug-likeness (QED) is 0.583. The number of hydrogen-bond donors (Lipinski definition) is 0. The minimum absolute atomic E-state index is 0.157. The van der Waals surface area contributed by atoms with E-state index in [1.54, 1.807) is 24.3 Å². The van der Waals surface area contributed by atoms with Gasteiger partial charge in [0.25, 0.3) is 0 Å². The van der Waals surface area contributed by atoms with E-state index in [1.807, 2.05) is 0 Å². The van der Waals surface area contributed by atoms with E-state index < -0.39 is 0 Å². The van der Waals surface area contributed by atoms with Crippen molar-refractivity contribution in [3.8, 4) is 0 Å². The fourth-order valence-electron chi connectivity index (χ4n) is 0.944. The Balaban J connectivity index is 3.27.